The summed E-state index contributed by atoms with van der Waals surface area (Å²) < 4.78 is 0. The predicted octanol–water partition coefficient (Wildman–Crippen LogP) is 1.42. The number of nitrogens with one attached hydrogen (secondary N) is 1. The average Bonchev–Trinajstić information content (AvgIpc) is 2.28. The number of carbonyl (C=O) groups excluding carboxylic acids is 1. The number of carboxylic acid groups (broad SMARTS) is 1. The van der Waals surface area contributed by atoms with Crippen molar-refractivity contribution < 1.29 is 14.7 Å². The van der Waals surface area contributed by atoms with Crippen molar-refractivity contribution in [3.63, 3.8) is 0 Å². The van der Waals surface area contributed by atoms with Crippen molar-refractivity contribution in [1.29, 1.82) is 0 Å². The zero-order valence-electron chi connectivity index (χ0n) is 10.6. The number of anilines is 1. The van der Waals surface area contributed by atoms with E-state index in [1.807, 2.05) is 6.92 Å². The molecule has 1 unspecified atom stereocenters. The predicted molar refractivity (Wildman–Crippen MR) is 69.3 cm³/mol. The molecule has 1 rings (SSSR count). The molecule has 0 aliphatic rings. The molecule has 0 saturated heterocycles. The van der Waals surface area contributed by atoms with Gasteiger partial charge in [0.1, 0.15) is 0 Å². The van der Waals surface area contributed by atoms with Crippen molar-refractivity contribution in [1.82, 2.24) is 5.32 Å². The smallest absolute Gasteiger partial charge is 0.303 e. The molecule has 0 aliphatic carbocycles. The molecule has 1 amide bonds. The van der Waals surface area contributed by atoms with Crippen molar-refractivity contribution >= 4 is 17.6 Å². The number of amides is 1. The van der Waals surface area contributed by atoms with E-state index in [9.17, 15) is 9.59 Å². The lowest BCUT2D eigenvalue weighted by Crippen LogP contribution is -2.29. The lowest BCUT2D eigenvalue weighted by Gasteiger charge is -2.11. The Labute approximate surface area is 106 Å². The number of hydrogen-bond donors (Lipinski definition) is 3. The highest BCUT2D eigenvalue weighted by molar-refractivity contribution is 5.94. The molecule has 1 aromatic carbocycles. The van der Waals surface area contributed by atoms with E-state index < -0.39 is 5.97 Å². The monoisotopic (exact) mass is 250 g/mol. The molecule has 0 spiro atoms. The molecule has 0 aliphatic heterocycles. The number of benzene rings is 1. The number of carbonyl (C=O) groups is 2. The maximum absolute atomic E-state index is 11.8. The van der Waals surface area contributed by atoms with Crippen LogP contribution < -0.4 is 11.1 Å². The molecule has 4 N–H and O–H groups in total. The van der Waals surface area contributed by atoms with Crippen LogP contribution in [0.2, 0.25) is 0 Å². The van der Waals surface area contributed by atoms with E-state index in [0.717, 1.165) is 5.56 Å². The minimum absolute atomic E-state index is 0.0427. The summed E-state index contributed by atoms with van der Waals surface area (Å²) in [5.74, 6) is -1.17. The van der Waals surface area contributed by atoms with Gasteiger partial charge in [-0.15, -0.1) is 0 Å². The normalized spacial score (nSPS) is 11.9. The van der Waals surface area contributed by atoms with Crippen LogP contribution in [0.5, 0.6) is 0 Å². The first-order valence-electron chi connectivity index (χ1n) is 5.76. The molecule has 1 atom stereocenters. The standard InChI is InChI=1S/C13H18N2O3/c1-8(5-12(16)17)7-15-13(18)10-3-4-11(14)9(2)6-10/h3-4,6,8H,5,7,14H2,1-2H3,(H,15,18)(H,16,17). The Balaban J connectivity index is 2.55. The lowest BCUT2D eigenvalue weighted by atomic mass is 10.1. The number of aryl methyl sites for hydroxylation is 1. The van der Waals surface area contributed by atoms with Gasteiger partial charge in [-0.2, -0.15) is 0 Å². The van der Waals surface area contributed by atoms with Crippen LogP contribution >= 0.6 is 0 Å². The van der Waals surface area contributed by atoms with Gasteiger partial charge >= 0.3 is 5.97 Å². The van der Waals surface area contributed by atoms with Gasteiger partial charge in [0.05, 0.1) is 0 Å². The van der Waals surface area contributed by atoms with Crippen LogP contribution in [-0.4, -0.2) is 23.5 Å². The summed E-state index contributed by atoms with van der Waals surface area (Å²) in [7, 11) is 0. The van der Waals surface area contributed by atoms with E-state index in [1.165, 1.54) is 0 Å². The minimum atomic E-state index is -0.861. The van der Waals surface area contributed by atoms with E-state index in [4.69, 9.17) is 10.8 Å². The molecular formula is C13H18N2O3. The number of hydrogen-bond acceptors (Lipinski definition) is 3. The highest BCUT2D eigenvalue weighted by Crippen LogP contribution is 2.12. The molecular weight excluding hydrogens is 232 g/mol. The number of rotatable bonds is 5. The number of carboxylic acids is 1. The van der Waals surface area contributed by atoms with Gasteiger partial charge in [0.2, 0.25) is 0 Å². The Bertz CT molecular complexity index is 458. The molecule has 0 heterocycles. The minimum Gasteiger partial charge on any atom is -0.481 e. The highest BCUT2D eigenvalue weighted by atomic mass is 16.4. The zero-order valence-corrected chi connectivity index (χ0v) is 10.6. The average molecular weight is 250 g/mol. The van der Waals surface area contributed by atoms with Crippen LogP contribution in [-0.2, 0) is 4.79 Å². The molecule has 0 bridgehead atoms. The second-order valence-electron chi connectivity index (χ2n) is 4.48. The van der Waals surface area contributed by atoms with Crippen molar-refractivity contribution in [2.75, 3.05) is 12.3 Å². The fourth-order valence-electron chi connectivity index (χ4n) is 1.56. The van der Waals surface area contributed by atoms with Gasteiger partial charge in [-0.05, 0) is 36.6 Å². The molecule has 1 aromatic rings. The molecule has 0 saturated carbocycles. The van der Waals surface area contributed by atoms with Gasteiger partial charge in [-0.25, -0.2) is 0 Å². The third kappa shape index (κ3) is 4.08. The Hall–Kier alpha value is -2.04. The molecule has 98 valence electrons. The Morgan fingerprint density at radius 1 is 1.44 bits per heavy atom. The van der Waals surface area contributed by atoms with Gasteiger partial charge in [0, 0.05) is 24.2 Å². The topological polar surface area (TPSA) is 92.4 Å². The summed E-state index contributed by atoms with van der Waals surface area (Å²) in [6, 6.07) is 5.05. The van der Waals surface area contributed by atoms with E-state index in [-0.39, 0.29) is 18.2 Å². The van der Waals surface area contributed by atoms with E-state index in [0.29, 0.717) is 17.8 Å². The summed E-state index contributed by atoms with van der Waals surface area (Å²) >= 11 is 0. The van der Waals surface area contributed by atoms with Gasteiger partial charge in [-0.3, -0.25) is 9.59 Å². The van der Waals surface area contributed by atoms with Gasteiger partial charge in [-0.1, -0.05) is 6.92 Å². The number of aliphatic carboxylic acids is 1. The fourth-order valence-corrected chi connectivity index (χ4v) is 1.56. The molecule has 5 heteroatoms. The Morgan fingerprint density at radius 2 is 2.11 bits per heavy atom. The quantitative estimate of drug-likeness (QED) is 0.689. The molecule has 0 fully saturated rings. The van der Waals surface area contributed by atoms with Crippen LogP contribution in [0.15, 0.2) is 18.2 Å². The summed E-state index contributed by atoms with van der Waals surface area (Å²) in [5.41, 5.74) is 7.69. The largest absolute Gasteiger partial charge is 0.481 e. The molecule has 5 nitrogen and oxygen atoms in total. The molecule has 0 aromatic heterocycles. The SMILES string of the molecule is Cc1cc(C(=O)NCC(C)CC(=O)O)ccc1N. The van der Waals surface area contributed by atoms with E-state index in [2.05, 4.69) is 5.32 Å². The van der Waals surface area contributed by atoms with Crippen LogP contribution in [0.1, 0.15) is 29.3 Å². The molecule has 0 radical (unpaired) electrons. The molecule has 18 heavy (non-hydrogen) atoms. The summed E-state index contributed by atoms with van der Waals surface area (Å²) in [5, 5.41) is 11.3. The van der Waals surface area contributed by atoms with Crippen molar-refractivity contribution in [3.05, 3.63) is 29.3 Å². The number of nitrogen functional groups attached to an aromatic ring is 1. The van der Waals surface area contributed by atoms with Crippen LogP contribution in [0, 0.1) is 12.8 Å². The second-order valence-corrected chi connectivity index (χ2v) is 4.48. The van der Waals surface area contributed by atoms with Gasteiger partial charge in [0.25, 0.3) is 5.91 Å². The second kappa shape index (κ2) is 6.05. The van der Waals surface area contributed by atoms with Gasteiger partial charge < -0.3 is 16.2 Å². The first-order valence-corrected chi connectivity index (χ1v) is 5.76. The van der Waals surface area contributed by atoms with Gasteiger partial charge in [0.15, 0.2) is 0 Å². The fraction of sp³-hybridized carbons (Fsp3) is 0.385. The zero-order chi connectivity index (χ0) is 13.7. The van der Waals surface area contributed by atoms with Crippen LogP contribution in [0.3, 0.4) is 0 Å². The summed E-state index contributed by atoms with van der Waals surface area (Å²) in [6.45, 7) is 3.95. The summed E-state index contributed by atoms with van der Waals surface area (Å²) in [6.07, 6.45) is 0.0427. The van der Waals surface area contributed by atoms with Crippen LogP contribution in [0.4, 0.5) is 5.69 Å². The third-order valence-electron chi connectivity index (χ3n) is 2.67. The Morgan fingerprint density at radius 3 is 2.67 bits per heavy atom. The number of nitrogens with two attached hydrogens (primary N) is 1. The van der Waals surface area contributed by atoms with Crippen molar-refractivity contribution in [2.24, 2.45) is 5.92 Å². The van der Waals surface area contributed by atoms with Crippen molar-refractivity contribution in [3.8, 4) is 0 Å². The van der Waals surface area contributed by atoms with E-state index >= 15 is 0 Å². The van der Waals surface area contributed by atoms with E-state index in [1.54, 1.807) is 25.1 Å². The lowest BCUT2D eigenvalue weighted by molar-refractivity contribution is -0.137. The Kier molecular flexibility index (Phi) is 4.71. The highest BCUT2D eigenvalue weighted by Gasteiger charge is 2.11. The first-order chi connectivity index (χ1) is 8.40. The first kappa shape index (κ1) is 14.0. The maximum Gasteiger partial charge on any atom is 0.303 e. The maximum atomic E-state index is 11.8. The van der Waals surface area contributed by atoms with Crippen LogP contribution in [0.25, 0.3) is 0 Å². The van der Waals surface area contributed by atoms with Crippen molar-refractivity contribution in [2.45, 2.75) is 20.3 Å². The third-order valence-corrected chi connectivity index (χ3v) is 2.67. The summed E-state index contributed by atoms with van der Waals surface area (Å²) in [4.78, 5) is 22.3.